The monoisotopic (exact) mass is 376 g/mol. The van der Waals surface area contributed by atoms with Gasteiger partial charge < -0.3 is 11.1 Å². The van der Waals surface area contributed by atoms with E-state index in [-0.39, 0.29) is 11.6 Å². The molecule has 1 aromatic heterocycles. The first-order valence-corrected chi connectivity index (χ1v) is 9.25. The van der Waals surface area contributed by atoms with Gasteiger partial charge in [-0.2, -0.15) is 0 Å². The molecule has 0 bridgehead atoms. The lowest BCUT2D eigenvalue weighted by Crippen LogP contribution is -2.50. The first-order chi connectivity index (χ1) is 13.6. The third-order valence-corrected chi connectivity index (χ3v) is 5.35. The topological polar surface area (TPSA) is 80.4 Å². The van der Waals surface area contributed by atoms with Gasteiger partial charge in [0.2, 0.25) is 0 Å². The van der Waals surface area contributed by atoms with Gasteiger partial charge in [0.15, 0.2) is 5.78 Å². The number of rotatable bonds is 3. The van der Waals surface area contributed by atoms with Crippen LogP contribution in [0, 0.1) is 11.2 Å². The summed E-state index contributed by atoms with van der Waals surface area (Å²) in [6.45, 7) is 1.34. The zero-order valence-corrected chi connectivity index (χ0v) is 15.4. The number of aliphatic imine (C=N–C) groups is 1. The van der Waals surface area contributed by atoms with E-state index in [4.69, 9.17) is 5.73 Å². The van der Waals surface area contributed by atoms with E-state index in [1.165, 1.54) is 18.3 Å². The Morgan fingerprint density at radius 2 is 2.07 bits per heavy atom. The van der Waals surface area contributed by atoms with E-state index >= 15 is 0 Å². The Morgan fingerprint density at radius 1 is 1.25 bits per heavy atom. The Balaban J connectivity index is 1.79. The number of Topliss-reactive ketones (excluding diaryl/α,β-unsaturated/α-hetero) is 1. The van der Waals surface area contributed by atoms with Crippen molar-refractivity contribution in [1.82, 2.24) is 10.3 Å². The van der Waals surface area contributed by atoms with Gasteiger partial charge in [-0.15, -0.1) is 0 Å². The summed E-state index contributed by atoms with van der Waals surface area (Å²) in [4.78, 5) is 22.3. The van der Waals surface area contributed by atoms with Crippen molar-refractivity contribution >= 4 is 17.2 Å². The van der Waals surface area contributed by atoms with Gasteiger partial charge in [0.1, 0.15) is 11.5 Å². The molecule has 142 valence electrons. The van der Waals surface area contributed by atoms with Gasteiger partial charge >= 0.3 is 0 Å². The van der Waals surface area contributed by atoms with Crippen LogP contribution >= 0.6 is 0 Å². The van der Waals surface area contributed by atoms with E-state index in [2.05, 4.69) is 15.3 Å². The van der Waals surface area contributed by atoms with Crippen molar-refractivity contribution in [2.45, 2.75) is 12.8 Å². The second-order valence-electron chi connectivity index (χ2n) is 7.06. The Labute approximate surface area is 162 Å². The fourth-order valence-electron chi connectivity index (χ4n) is 3.89. The summed E-state index contributed by atoms with van der Waals surface area (Å²) in [6, 6.07) is 11.4. The number of aromatic nitrogens is 1. The zero-order valence-electron chi connectivity index (χ0n) is 15.4. The molecule has 2 heterocycles. The zero-order chi connectivity index (χ0) is 19.6. The number of nitrogens with zero attached hydrogens (tertiary/aromatic N) is 2. The number of hydrogen-bond acceptors (Lipinski definition) is 5. The Bertz CT molecular complexity index is 979. The van der Waals surface area contributed by atoms with E-state index < -0.39 is 5.41 Å². The molecule has 6 heteroatoms. The molecule has 2 aromatic rings. The predicted octanol–water partition coefficient (Wildman–Crippen LogP) is 3.33. The number of nitrogens with two attached hydrogens (primary N) is 1. The summed E-state index contributed by atoms with van der Waals surface area (Å²) >= 11 is 0. The van der Waals surface area contributed by atoms with Crippen LogP contribution in [0.5, 0.6) is 0 Å². The fraction of sp³-hybridized carbons (Fsp3) is 0.227. The van der Waals surface area contributed by atoms with Crippen LogP contribution in [0.2, 0.25) is 0 Å². The van der Waals surface area contributed by atoms with Crippen molar-refractivity contribution in [3.05, 3.63) is 83.6 Å². The average Bonchev–Trinajstić information content (AvgIpc) is 2.75. The van der Waals surface area contributed by atoms with E-state index in [9.17, 15) is 9.18 Å². The molecule has 5 nitrogen and oxygen atoms in total. The van der Waals surface area contributed by atoms with E-state index in [0.717, 1.165) is 29.8 Å². The second-order valence-corrected chi connectivity index (χ2v) is 7.06. The van der Waals surface area contributed by atoms with Crippen molar-refractivity contribution in [1.29, 1.82) is 0 Å². The van der Waals surface area contributed by atoms with Crippen LogP contribution in [0.15, 0.2) is 77.1 Å². The normalized spacial score (nSPS) is 24.7. The largest absolute Gasteiger partial charge is 0.404 e. The summed E-state index contributed by atoms with van der Waals surface area (Å²) < 4.78 is 13.2. The molecule has 4 rings (SSSR count). The number of benzene rings is 1. The minimum absolute atomic E-state index is 0.00766. The van der Waals surface area contributed by atoms with Crippen LogP contribution in [0.1, 0.15) is 23.3 Å². The number of halogens is 1. The van der Waals surface area contributed by atoms with Crippen molar-refractivity contribution in [3.63, 3.8) is 0 Å². The van der Waals surface area contributed by atoms with Gasteiger partial charge in [-0.1, -0.05) is 11.6 Å². The third kappa shape index (κ3) is 3.27. The van der Waals surface area contributed by atoms with E-state index in [1.807, 2.05) is 12.1 Å². The molecule has 1 fully saturated rings. The van der Waals surface area contributed by atoms with E-state index in [0.29, 0.717) is 24.3 Å². The molecule has 1 aromatic carbocycles. The number of hydrogen-bond donors (Lipinski definition) is 2. The van der Waals surface area contributed by atoms with Crippen LogP contribution in [-0.2, 0) is 0 Å². The number of carbonyl (C=O) groups excluding carboxylic acids is 1. The number of piperidine rings is 1. The number of pyridine rings is 1. The molecule has 1 unspecified atom stereocenters. The highest BCUT2D eigenvalue weighted by atomic mass is 19.1. The number of allylic oxidation sites excluding steroid dienone is 2. The molecule has 0 radical (unpaired) electrons. The maximum atomic E-state index is 13.4. The van der Waals surface area contributed by atoms with Gasteiger partial charge in [0.05, 0.1) is 16.8 Å². The predicted molar refractivity (Wildman–Crippen MR) is 107 cm³/mol. The fourth-order valence-corrected chi connectivity index (χ4v) is 3.89. The van der Waals surface area contributed by atoms with Gasteiger partial charge in [-0.05, 0) is 73.6 Å². The van der Waals surface area contributed by atoms with Crippen LogP contribution in [-0.4, -0.2) is 29.6 Å². The van der Waals surface area contributed by atoms with Gasteiger partial charge in [0.25, 0.3) is 0 Å². The molecule has 1 saturated heterocycles. The molecule has 0 saturated carbocycles. The number of ketones is 1. The highest BCUT2D eigenvalue weighted by Gasteiger charge is 2.47. The molecule has 0 amide bonds. The Hall–Kier alpha value is -3.12. The Morgan fingerprint density at radius 3 is 2.79 bits per heavy atom. The molecular weight excluding hydrogens is 355 g/mol. The molecule has 28 heavy (non-hydrogen) atoms. The highest BCUT2D eigenvalue weighted by Crippen LogP contribution is 2.44. The molecule has 0 spiro atoms. The summed E-state index contributed by atoms with van der Waals surface area (Å²) in [5, 5.41) is 3.35. The lowest BCUT2D eigenvalue weighted by molar-refractivity contribution is 0.0812. The Kier molecular flexibility index (Phi) is 4.88. The van der Waals surface area contributed by atoms with Gasteiger partial charge in [0, 0.05) is 12.7 Å². The lowest BCUT2D eigenvalue weighted by Gasteiger charge is -2.42. The van der Waals surface area contributed by atoms with Crippen molar-refractivity contribution < 1.29 is 9.18 Å². The quantitative estimate of drug-likeness (QED) is 0.806. The van der Waals surface area contributed by atoms with Crippen molar-refractivity contribution in [2.75, 3.05) is 13.1 Å². The third-order valence-electron chi connectivity index (χ3n) is 5.35. The molecule has 1 aliphatic heterocycles. The summed E-state index contributed by atoms with van der Waals surface area (Å²) in [7, 11) is 0. The number of nitrogens with one attached hydrogen (secondary N) is 1. The highest BCUT2D eigenvalue weighted by molar-refractivity contribution is 6.14. The number of carbonyl (C=O) groups is 1. The molecule has 2 aliphatic rings. The molecule has 1 atom stereocenters. The first kappa shape index (κ1) is 18.3. The smallest absolute Gasteiger partial charge is 0.192 e. The van der Waals surface area contributed by atoms with Gasteiger partial charge in [-0.25, -0.2) is 9.38 Å². The standard InChI is InChI=1S/C22H21FN4O/c23-17-4-6-18(7-5-17)27-20-11-16-8-10-25-14-22(16,12-15(20)13-24)21(28)19-3-1-2-9-26-19/h1-7,9,11,13,25H,8,10,12,14,24H2. The minimum atomic E-state index is -0.709. The lowest BCUT2D eigenvalue weighted by atomic mass is 9.64. The maximum absolute atomic E-state index is 13.4. The molecule has 1 aliphatic carbocycles. The van der Waals surface area contributed by atoms with Crippen LogP contribution in [0.25, 0.3) is 0 Å². The maximum Gasteiger partial charge on any atom is 0.192 e. The van der Waals surface area contributed by atoms with Crippen LogP contribution in [0.4, 0.5) is 10.1 Å². The van der Waals surface area contributed by atoms with Crippen molar-refractivity contribution in [3.8, 4) is 0 Å². The van der Waals surface area contributed by atoms with Gasteiger partial charge in [-0.3, -0.25) is 9.78 Å². The second kappa shape index (κ2) is 7.48. The summed E-state index contributed by atoms with van der Waals surface area (Å²) in [5.41, 5.74) is 8.84. The average molecular weight is 376 g/mol. The van der Waals surface area contributed by atoms with Crippen molar-refractivity contribution in [2.24, 2.45) is 16.1 Å². The molecular formula is C22H21FN4O. The van der Waals surface area contributed by atoms with E-state index in [1.54, 1.807) is 30.5 Å². The SMILES string of the molecule is NC=C1CC2(C(=O)c3ccccn3)CNCCC2=CC1=Nc1ccc(F)cc1. The summed E-state index contributed by atoms with van der Waals surface area (Å²) in [5.74, 6) is -0.314. The first-order valence-electron chi connectivity index (χ1n) is 9.25. The molecule has 3 N–H and O–H groups in total. The van der Waals surface area contributed by atoms with Crippen LogP contribution in [0.3, 0.4) is 0 Å². The number of fused-ring (bicyclic) bond motifs is 1. The summed E-state index contributed by atoms with van der Waals surface area (Å²) in [6.07, 6.45) is 6.31. The minimum Gasteiger partial charge on any atom is -0.404 e. The van der Waals surface area contributed by atoms with Crippen LogP contribution < -0.4 is 11.1 Å².